The highest BCUT2D eigenvalue weighted by molar-refractivity contribution is 6.31. The lowest BCUT2D eigenvalue weighted by atomic mass is 10.0. The van der Waals surface area contributed by atoms with Crippen LogP contribution in [0.1, 0.15) is 44.0 Å². The van der Waals surface area contributed by atoms with Gasteiger partial charge in [0.2, 0.25) is 0 Å². The predicted octanol–water partition coefficient (Wildman–Crippen LogP) is 5.06. The number of fused-ring (bicyclic) bond motifs is 1. The van der Waals surface area contributed by atoms with Crippen LogP contribution in [0.25, 0.3) is 0 Å². The van der Waals surface area contributed by atoms with Crippen LogP contribution in [0.3, 0.4) is 0 Å². The maximum absolute atomic E-state index is 13.8. The van der Waals surface area contributed by atoms with Crippen LogP contribution in [0.2, 0.25) is 5.02 Å². The van der Waals surface area contributed by atoms with Gasteiger partial charge in [0.15, 0.2) is 0 Å². The first-order valence-electron chi connectivity index (χ1n) is 12.5. The Kier molecular flexibility index (Phi) is 8.02. The highest BCUT2D eigenvalue weighted by Gasteiger charge is 2.39. The molecule has 0 spiro atoms. The molecule has 0 saturated carbocycles. The molecule has 0 aliphatic carbocycles. The number of amides is 1. The molecule has 1 saturated heterocycles. The number of aromatic nitrogens is 2. The maximum Gasteiger partial charge on any atom is 0.419 e. The molecule has 2 aliphatic rings. The highest BCUT2D eigenvalue weighted by Crippen LogP contribution is 2.43. The van der Waals surface area contributed by atoms with E-state index in [9.17, 15) is 23.2 Å². The van der Waals surface area contributed by atoms with Gasteiger partial charge in [0.25, 0.3) is 0 Å². The summed E-state index contributed by atoms with van der Waals surface area (Å²) in [5.74, 6) is 0.588. The van der Waals surface area contributed by atoms with Crippen molar-refractivity contribution < 1.29 is 27.4 Å². The number of hydrogen-bond acceptors (Lipinski definition) is 8. The largest absolute Gasteiger partial charge is 0.467 e. The fourth-order valence-electron chi connectivity index (χ4n) is 4.89. The van der Waals surface area contributed by atoms with E-state index in [4.69, 9.17) is 21.1 Å². The minimum absolute atomic E-state index is 0.0140. The molecule has 0 bridgehead atoms. The normalized spacial score (nSPS) is 17.9. The van der Waals surface area contributed by atoms with E-state index < -0.39 is 29.5 Å². The van der Waals surface area contributed by atoms with Crippen molar-refractivity contribution >= 4 is 29.2 Å². The average Bonchev–Trinajstić information content (AvgIpc) is 2.85. The van der Waals surface area contributed by atoms with E-state index in [1.54, 1.807) is 30.6 Å². The number of hydrogen-bond donors (Lipinski definition) is 0. The zero-order valence-corrected chi connectivity index (χ0v) is 22.9. The van der Waals surface area contributed by atoms with Gasteiger partial charge in [-0.05, 0) is 39.3 Å². The monoisotopic (exact) mass is 566 g/mol. The Bertz CT molecular complexity index is 1280. The second kappa shape index (κ2) is 11.0. The Labute approximate surface area is 230 Å². The van der Waals surface area contributed by atoms with Crippen molar-refractivity contribution in [3.05, 3.63) is 40.0 Å². The van der Waals surface area contributed by atoms with Crippen molar-refractivity contribution in [3.63, 3.8) is 0 Å². The highest BCUT2D eigenvalue weighted by atomic mass is 35.5. The molecule has 1 fully saturated rings. The Morgan fingerprint density at radius 3 is 2.56 bits per heavy atom. The van der Waals surface area contributed by atoms with Crippen LogP contribution < -0.4 is 14.5 Å². The zero-order valence-electron chi connectivity index (χ0n) is 22.2. The molecule has 0 N–H and O–H groups in total. The molecule has 4 rings (SSSR count). The summed E-state index contributed by atoms with van der Waals surface area (Å²) >= 11 is 5.96. The lowest BCUT2D eigenvalue weighted by molar-refractivity contribution is -0.137. The summed E-state index contributed by atoms with van der Waals surface area (Å²) in [4.78, 5) is 27.0. The number of nitriles is 1. The molecule has 13 heteroatoms. The first-order valence-corrected chi connectivity index (χ1v) is 12.9. The fraction of sp³-hybridized carbons (Fsp3) is 0.538. The topological polar surface area (TPSA) is 94.8 Å². The molecule has 1 amide bonds. The van der Waals surface area contributed by atoms with Gasteiger partial charge in [0.1, 0.15) is 11.4 Å². The molecule has 210 valence electrons. The van der Waals surface area contributed by atoms with E-state index in [-0.39, 0.29) is 29.7 Å². The molecule has 0 radical (unpaired) electrons. The summed E-state index contributed by atoms with van der Waals surface area (Å²) in [5.41, 5.74) is -0.230. The maximum atomic E-state index is 13.8. The third-order valence-electron chi connectivity index (χ3n) is 6.56. The lowest BCUT2D eigenvalue weighted by Gasteiger charge is -2.42. The van der Waals surface area contributed by atoms with Gasteiger partial charge in [0, 0.05) is 31.7 Å². The van der Waals surface area contributed by atoms with Crippen molar-refractivity contribution in [3.8, 4) is 12.1 Å². The number of nitrogens with zero attached hydrogens (tertiary/aromatic N) is 6. The number of halogens is 4. The van der Waals surface area contributed by atoms with Gasteiger partial charge in [-0.25, -0.2) is 4.79 Å². The van der Waals surface area contributed by atoms with Crippen molar-refractivity contribution in [2.45, 2.75) is 58.0 Å². The van der Waals surface area contributed by atoms with E-state index in [1.807, 2.05) is 4.90 Å². The molecular formula is C26H30ClF3N6O3. The number of piperazine rings is 1. The molecule has 9 nitrogen and oxygen atoms in total. The van der Waals surface area contributed by atoms with Crippen LogP contribution in [0.4, 0.5) is 29.5 Å². The standard InChI is InChI=1S/C26H30ClF3N6O3/c1-25(2,3)39-24(37)36-13-12-35(14-16(36)8-10-31)22-17-9-11-34(15-19(17)32-23(33-22)38-4)20-7-5-6-18(27)21(20)26(28,29)30/h5-7,16H,8-9,11-15H2,1-4H3/t16-/m0/s1. The quantitative estimate of drug-likeness (QED) is 0.507. The number of anilines is 2. The third-order valence-corrected chi connectivity index (χ3v) is 6.87. The average molecular weight is 567 g/mol. The molecule has 2 aliphatic heterocycles. The van der Waals surface area contributed by atoms with E-state index in [2.05, 4.69) is 16.0 Å². The first kappa shape index (κ1) is 28.5. The SMILES string of the molecule is COc1nc2c(c(N3CCN(C(=O)OC(C)(C)C)[C@@H](CC#N)C3)n1)CCN(c1cccc(Cl)c1C(F)(F)F)C2. The molecule has 0 unspecified atom stereocenters. The number of benzene rings is 1. The Morgan fingerprint density at radius 2 is 1.92 bits per heavy atom. The molecule has 1 atom stereocenters. The van der Waals surface area contributed by atoms with E-state index in [0.29, 0.717) is 44.1 Å². The van der Waals surface area contributed by atoms with Gasteiger partial charge in [-0.2, -0.15) is 28.4 Å². The molecule has 1 aromatic heterocycles. The Hall–Kier alpha value is -3.46. The van der Waals surface area contributed by atoms with Crippen LogP contribution in [-0.2, 0) is 23.9 Å². The minimum Gasteiger partial charge on any atom is -0.467 e. The van der Waals surface area contributed by atoms with E-state index >= 15 is 0 Å². The van der Waals surface area contributed by atoms with Gasteiger partial charge < -0.3 is 24.2 Å². The number of carbonyl (C=O) groups excluding carboxylic acids is 1. The van der Waals surface area contributed by atoms with Crippen LogP contribution in [0.5, 0.6) is 6.01 Å². The second-order valence-electron chi connectivity index (χ2n) is 10.4. The Balaban J connectivity index is 1.64. The molecule has 1 aromatic carbocycles. The van der Waals surface area contributed by atoms with Gasteiger partial charge >= 0.3 is 18.3 Å². The second-order valence-corrected chi connectivity index (χ2v) is 10.8. The van der Waals surface area contributed by atoms with E-state index in [0.717, 1.165) is 5.56 Å². The van der Waals surface area contributed by atoms with Gasteiger partial charge in [-0.3, -0.25) is 0 Å². The molecule has 3 heterocycles. The van der Waals surface area contributed by atoms with E-state index in [1.165, 1.54) is 25.3 Å². The smallest absolute Gasteiger partial charge is 0.419 e. The summed E-state index contributed by atoms with van der Waals surface area (Å²) in [7, 11) is 1.42. The van der Waals surface area contributed by atoms with Gasteiger partial charge in [-0.15, -0.1) is 0 Å². The Morgan fingerprint density at radius 1 is 1.18 bits per heavy atom. The van der Waals surface area contributed by atoms with Crippen molar-refractivity contribution in [1.29, 1.82) is 5.26 Å². The van der Waals surface area contributed by atoms with Crippen LogP contribution in [0, 0.1) is 11.3 Å². The number of methoxy groups -OCH3 is 1. The minimum atomic E-state index is -4.62. The molecule has 39 heavy (non-hydrogen) atoms. The summed E-state index contributed by atoms with van der Waals surface area (Å²) in [5, 5.41) is 9.07. The van der Waals surface area contributed by atoms with Crippen molar-refractivity contribution in [1.82, 2.24) is 14.9 Å². The van der Waals surface area contributed by atoms with Crippen molar-refractivity contribution in [2.75, 3.05) is 43.1 Å². The van der Waals surface area contributed by atoms with Crippen LogP contribution >= 0.6 is 11.6 Å². The molecular weight excluding hydrogens is 537 g/mol. The zero-order chi connectivity index (χ0) is 28.5. The summed E-state index contributed by atoms with van der Waals surface area (Å²) in [6.45, 7) is 6.80. The van der Waals surface area contributed by atoms with Gasteiger partial charge in [0.05, 0.1) is 54.2 Å². The predicted molar refractivity (Wildman–Crippen MR) is 139 cm³/mol. The molecule has 2 aromatic rings. The number of alkyl halides is 3. The summed E-state index contributed by atoms with van der Waals surface area (Å²) < 4.78 is 52.4. The van der Waals surface area contributed by atoms with Gasteiger partial charge in [-0.1, -0.05) is 17.7 Å². The first-order chi connectivity index (χ1) is 18.3. The number of carbonyl (C=O) groups is 1. The summed E-state index contributed by atoms with van der Waals surface area (Å²) in [6, 6.07) is 5.92. The number of rotatable bonds is 4. The number of ether oxygens (including phenoxy) is 2. The van der Waals surface area contributed by atoms with Crippen molar-refractivity contribution in [2.24, 2.45) is 0 Å². The van der Waals surface area contributed by atoms with Crippen LogP contribution in [-0.4, -0.2) is 65.9 Å². The third kappa shape index (κ3) is 6.24. The lowest BCUT2D eigenvalue weighted by Crippen LogP contribution is -2.56. The summed E-state index contributed by atoms with van der Waals surface area (Å²) in [6.07, 6.45) is -4.62. The fourth-order valence-corrected chi connectivity index (χ4v) is 5.17. The van der Waals surface area contributed by atoms with Crippen LogP contribution in [0.15, 0.2) is 18.2 Å².